The number of fused-ring (bicyclic) bond motifs is 1. The lowest BCUT2D eigenvalue weighted by molar-refractivity contribution is -0.113. The molecular weight excluding hydrogens is 502 g/mol. The second kappa shape index (κ2) is 11.1. The summed E-state index contributed by atoms with van der Waals surface area (Å²) in [5.41, 5.74) is 4.05. The van der Waals surface area contributed by atoms with Gasteiger partial charge in [0.25, 0.3) is 5.91 Å². The van der Waals surface area contributed by atoms with E-state index in [1.54, 1.807) is 30.6 Å². The molecule has 1 atom stereocenters. The standard InChI is InChI=1S/C28H27N5O2S2/c1-18-24(26(34)30-22-11-7-8-12-23(22)35-2)25(20-13-15-21(36-3)16-14-20)33-27(29-18)31-28(32-33)37-17-19-9-5-4-6-10-19/h4-16,25H,17H2,1-3H3,(H,30,34)(H,29,31,32). The molecule has 1 aromatic heterocycles. The Labute approximate surface area is 224 Å². The zero-order valence-electron chi connectivity index (χ0n) is 20.8. The number of amides is 1. The number of hydrogen-bond acceptors (Lipinski definition) is 7. The lowest BCUT2D eigenvalue weighted by Crippen LogP contribution is -2.31. The number of ether oxygens (including phenoxy) is 1. The maximum Gasteiger partial charge on any atom is 0.255 e. The van der Waals surface area contributed by atoms with Gasteiger partial charge in [-0.15, -0.1) is 16.9 Å². The van der Waals surface area contributed by atoms with E-state index in [4.69, 9.17) is 14.8 Å². The Bertz CT molecular complexity index is 1430. The van der Waals surface area contributed by atoms with Crippen LogP contribution in [0.15, 0.2) is 100 Å². The SMILES string of the molecule is COc1ccccc1NC(=O)C1=C(C)Nc2nc(SCc3ccccc3)nn2C1c1ccc(SC)cc1. The topological polar surface area (TPSA) is 81.1 Å². The van der Waals surface area contributed by atoms with Gasteiger partial charge in [0.2, 0.25) is 11.1 Å². The van der Waals surface area contributed by atoms with Crippen molar-refractivity contribution in [2.24, 2.45) is 0 Å². The molecule has 1 unspecified atom stereocenters. The average molecular weight is 530 g/mol. The Kier molecular flexibility index (Phi) is 7.52. The maximum absolute atomic E-state index is 13.7. The van der Waals surface area contributed by atoms with E-state index in [0.29, 0.717) is 28.1 Å². The van der Waals surface area contributed by atoms with Crippen molar-refractivity contribution in [1.82, 2.24) is 14.8 Å². The van der Waals surface area contributed by atoms with Gasteiger partial charge >= 0.3 is 0 Å². The van der Waals surface area contributed by atoms with E-state index in [1.165, 1.54) is 5.56 Å². The van der Waals surface area contributed by atoms with Crippen LogP contribution in [-0.2, 0) is 10.5 Å². The predicted molar refractivity (Wildman–Crippen MR) is 150 cm³/mol. The number of carbonyl (C=O) groups excluding carboxylic acids is 1. The third kappa shape index (κ3) is 5.38. The van der Waals surface area contributed by atoms with Gasteiger partial charge in [0, 0.05) is 16.3 Å². The zero-order valence-corrected chi connectivity index (χ0v) is 22.4. The van der Waals surface area contributed by atoms with Gasteiger partial charge in [0.1, 0.15) is 11.8 Å². The molecule has 0 saturated heterocycles. The summed E-state index contributed by atoms with van der Waals surface area (Å²) in [6.07, 6.45) is 2.04. The van der Waals surface area contributed by atoms with E-state index in [0.717, 1.165) is 21.9 Å². The van der Waals surface area contributed by atoms with Crippen LogP contribution in [0.1, 0.15) is 24.1 Å². The quantitative estimate of drug-likeness (QED) is 0.262. The van der Waals surface area contributed by atoms with Gasteiger partial charge in [-0.25, -0.2) is 4.68 Å². The summed E-state index contributed by atoms with van der Waals surface area (Å²) in [5.74, 6) is 1.74. The fraction of sp³-hybridized carbons (Fsp3) is 0.179. The molecule has 37 heavy (non-hydrogen) atoms. The van der Waals surface area contributed by atoms with E-state index in [1.807, 2.05) is 72.5 Å². The number of nitrogens with one attached hydrogen (secondary N) is 2. The molecule has 1 aliphatic rings. The minimum absolute atomic E-state index is 0.229. The largest absolute Gasteiger partial charge is 0.495 e. The summed E-state index contributed by atoms with van der Waals surface area (Å²) in [6, 6.07) is 25.4. The fourth-order valence-electron chi connectivity index (χ4n) is 4.24. The number of allylic oxidation sites excluding steroid dienone is 1. The van der Waals surface area contributed by atoms with Crippen LogP contribution in [0.25, 0.3) is 0 Å². The minimum Gasteiger partial charge on any atom is -0.495 e. The Hall–Kier alpha value is -3.69. The molecule has 188 valence electrons. The number of hydrogen-bond donors (Lipinski definition) is 2. The van der Waals surface area contributed by atoms with Crippen molar-refractivity contribution in [3.63, 3.8) is 0 Å². The number of rotatable bonds is 8. The molecule has 0 radical (unpaired) electrons. The number of anilines is 2. The zero-order chi connectivity index (χ0) is 25.8. The molecule has 9 heteroatoms. The molecule has 5 rings (SSSR count). The van der Waals surface area contributed by atoms with Gasteiger partial charge in [0.15, 0.2) is 0 Å². The first-order chi connectivity index (χ1) is 18.1. The molecule has 0 saturated carbocycles. The Morgan fingerprint density at radius 3 is 2.51 bits per heavy atom. The highest BCUT2D eigenvalue weighted by molar-refractivity contribution is 7.98. The molecule has 1 aliphatic heterocycles. The molecule has 2 heterocycles. The van der Waals surface area contributed by atoms with Crippen LogP contribution < -0.4 is 15.4 Å². The lowest BCUT2D eigenvalue weighted by Gasteiger charge is -2.29. The number of para-hydroxylation sites is 2. The van der Waals surface area contributed by atoms with E-state index < -0.39 is 6.04 Å². The minimum atomic E-state index is -0.444. The van der Waals surface area contributed by atoms with Crippen molar-refractivity contribution in [1.29, 1.82) is 0 Å². The molecule has 0 fully saturated rings. The van der Waals surface area contributed by atoms with Crippen molar-refractivity contribution in [3.8, 4) is 5.75 Å². The summed E-state index contributed by atoms with van der Waals surface area (Å²) < 4.78 is 7.25. The normalized spacial score (nSPS) is 14.6. The molecule has 0 aliphatic carbocycles. The molecule has 0 spiro atoms. The highest BCUT2D eigenvalue weighted by atomic mass is 32.2. The van der Waals surface area contributed by atoms with Crippen molar-refractivity contribution >= 4 is 41.1 Å². The van der Waals surface area contributed by atoms with E-state index in [2.05, 4.69) is 34.9 Å². The van der Waals surface area contributed by atoms with E-state index >= 15 is 0 Å². The number of aromatic nitrogens is 3. The summed E-state index contributed by atoms with van der Waals surface area (Å²) in [7, 11) is 1.59. The van der Waals surface area contributed by atoms with Crippen molar-refractivity contribution in [3.05, 3.63) is 101 Å². The van der Waals surface area contributed by atoms with Gasteiger partial charge in [-0.1, -0.05) is 66.4 Å². The second-order valence-corrected chi connectivity index (χ2v) is 10.3. The predicted octanol–water partition coefficient (Wildman–Crippen LogP) is 6.23. The Balaban J connectivity index is 1.50. The molecule has 2 N–H and O–H groups in total. The summed E-state index contributed by atoms with van der Waals surface area (Å²) in [4.78, 5) is 19.6. The highest BCUT2D eigenvalue weighted by Crippen LogP contribution is 2.38. The first kappa shape index (κ1) is 25.0. The van der Waals surface area contributed by atoms with Crippen molar-refractivity contribution in [2.75, 3.05) is 24.0 Å². The van der Waals surface area contributed by atoms with Gasteiger partial charge in [-0.2, -0.15) is 4.98 Å². The summed E-state index contributed by atoms with van der Waals surface area (Å²) in [6.45, 7) is 1.90. The van der Waals surface area contributed by atoms with E-state index in [-0.39, 0.29) is 5.91 Å². The number of carbonyl (C=O) groups is 1. The number of thioether (sulfide) groups is 2. The second-order valence-electron chi connectivity index (χ2n) is 8.43. The molecule has 1 amide bonds. The van der Waals surface area contributed by atoms with Gasteiger partial charge in [0.05, 0.1) is 18.4 Å². The summed E-state index contributed by atoms with van der Waals surface area (Å²) in [5, 5.41) is 11.8. The molecule has 3 aromatic carbocycles. The van der Waals surface area contributed by atoms with Gasteiger partial charge in [-0.3, -0.25) is 4.79 Å². The highest BCUT2D eigenvalue weighted by Gasteiger charge is 2.34. The molecule has 7 nitrogen and oxygen atoms in total. The van der Waals surface area contributed by atoms with E-state index in [9.17, 15) is 4.79 Å². The van der Waals surface area contributed by atoms with Crippen molar-refractivity contribution < 1.29 is 9.53 Å². The first-order valence-corrected chi connectivity index (χ1v) is 14.0. The first-order valence-electron chi connectivity index (χ1n) is 11.8. The van der Waals surface area contributed by atoms with Crippen LogP contribution in [0.3, 0.4) is 0 Å². The summed E-state index contributed by atoms with van der Waals surface area (Å²) >= 11 is 3.24. The van der Waals surface area contributed by atoms with Crippen LogP contribution in [0.2, 0.25) is 0 Å². The van der Waals surface area contributed by atoms with Gasteiger partial charge in [-0.05, 0) is 48.6 Å². The molecule has 0 bridgehead atoms. The number of benzene rings is 3. The van der Waals surface area contributed by atoms with Crippen LogP contribution >= 0.6 is 23.5 Å². The van der Waals surface area contributed by atoms with Crippen molar-refractivity contribution in [2.45, 2.75) is 28.8 Å². The Morgan fingerprint density at radius 1 is 1.05 bits per heavy atom. The number of nitrogens with zero attached hydrogens (tertiary/aromatic N) is 3. The van der Waals surface area contributed by atoms with Crippen LogP contribution in [0.4, 0.5) is 11.6 Å². The third-order valence-corrected chi connectivity index (χ3v) is 7.73. The van der Waals surface area contributed by atoms with Crippen LogP contribution in [0.5, 0.6) is 5.75 Å². The molecule has 4 aromatic rings. The van der Waals surface area contributed by atoms with Gasteiger partial charge < -0.3 is 15.4 Å². The van der Waals surface area contributed by atoms with Crippen LogP contribution in [0, 0.1) is 0 Å². The van der Waals surface area contributed by atoms with Crippen LogP contribution in [-0.4, -0.2) is 34.0 Å². The smallest absolute Gasteiger partial charge is 0.255 e. The monoisotopic (exact) mass is 529 g/mol. The third-order valence-electron chi connectivity index (χ3n) is 6.08. The number of methoxy groups -OCH3 is 1. The fourth-order valence-corrected chi connectivity index (χ4v) is 5.43. The molecular formula is C28H27N5O2S2. The Morgan fingerprint density at radius 2 is 1.78 bits per heavy atom. The average Bonchev–Trinajstić information content (AvgIpc) is 3.34. The lowest BCUT2D eigenvalue weighted by atomic mass is 9.95. The maximum atomic E-state index is 13.7.